The standard InChI is InChI=1S/C12H24N2O3/c1-8(13)9-7-16-12(5,6)14(9)10(15)17-11(2,3)4/h8-9H,7,13H2,1-6H3. The second-order valence-corrected chi connectivity index (χ2v) is 6.03. The molecule has 2 atom stereocenters. The lowest BCUT2D eigenvalue weighted by Crippen LogP contribution is -2.54. The first kappa shape index (κ1) is 14.3. The Morgan fingerprint density at radius 1 is 1.53 bits per heavy atom. The molecular formula is C12H24N2O3. The molecule has 1 fully saturated rings. The molecule has 2 N–H and O–H groups in total. The molecule has 0 saturated carbocycles. The molecule has 5 nitrogen and oxygen atoms in total. The van der Waals surface area contributed by atoms with Crippen molar-refractivity contribution < 1.29 is 14.3 Å². The highest BCUT2D eigenvalue weighted by Gasteiger charge is 2.46. The van der Waals surface area contributed by atoms with Gasteiger partial charge < -0.3 is 15.2 Å². The SMILES string of the molecule is CC(N)C1COC(C)(C)N1C(=O)OC(C)(C)C. The highest BCUT2D eigenvalue weighted by Crippen LogP contribution is 2.30. The lowest BCUT2D eigenvalue weighted by molar-refractivity contribution is -0.0630. The van der Waals surface area contributed by atoms with Crippen molar-refractivity contribution in [2.75, 3.05) is 6.61 Å². The van der Waals surface area contributed by atoms with Gasteiger partial charge in [0, 0.05) is 6.04 Å². The predicted molar refractivity (Wildman–Crippen MR) is 65.5 cm³/mol. The third-order valence-corrected chi connectivity index (χ3v) is 2.72. The summed E-state index contributed by atoms with van der Waals surface area (Å²) in [5, 5.41) is 0. The molecule has 0 aromatic heterocycles. The van der Waals surface area contributed by atoms with Gasteiger partial charge in [0.05, 0.1) is 12.6 Å². The molecule has 100 valence electrons. The smallest absolute Gasteiger partial charge is 0.412 e. The maximum Gasteiger partial charge on any atom is 0.412 e. The third kappa shape index (κ3) is 3.33. The van der Waals surface area contributed by atoms with Crippen LogP contribution in [0.5, 0.6) is 0 Å². The average Bonchev–Trinajstić information content (AvgIpc) is 2.37. The van der Waals surface area contributed by atoms with Gasteiger partial charge in [0.15, 0.2) is 0 Å². The van der Waals surface area contributed by atoms with Crippen molar-refractivity contribution in [3.63, 3.8) is 0 Å². The number of hydrogen-bond acceptors (Lipinski definition) is 4. The van der Waals surface area contributed by atoms with E-state index in [1.54, 1.807) is 4.90 Å². The Morgan fingerprint density at radius 3 is 2.47 bits per heavy atom. The number of rotatable bonds is 1. The lowest BCUT2D eigenvalue weighted by atomic mass is 10.1. The zero-order valence-corrected chi connectivity index (χ0v) is 11.6. The fourth-order valence-electron chi connectivity index (χ4n) is 1.89. The fourth-order valence-corrected chi connectivity index (χ4v) is 1.89. The maximum absolute atomic E-state index is 12.2. The Labute approximate surface area is 103 Å². The first-order chi connectivity index (χ1) is 7.54. The number of amides is 1. The van der Waals surface area contributed by atoms with Crippen LogP contribution in [0, 0.1) is 0 Å². The minimum atomic E-state index is -0.666. The van der Waals surface area contributed by atoms with Gasteiger partial charge in [-0.25, -0.2) is 4.79 Å². The van der Waals surface area contributed by atoms with Crippen LogP contribution in [-0.4, -0.2) is 41.0 Å². The van der Waals surface area contributed by atoms with Crippen molar-refractivity contribution in [2.24, 2.45) is 5.73 Å². The highest BCUT2D eigenvalue weighted by molar-refractivity contribution is 5.69. The Bertz CT molecular complexity index is 295. The van der Waals surface area contributed by atoms with Gasteiger partial charge >= 0.3 is 6.09 Å². The van der Waals surface area contributed by atoms with E-state index in [1.165, 1.54) is 0 Å². The van der Waals surface area contributed by atoms with Crippen molar-refractivity contribution >= 4 is 6.09 Å². The van der Waals surface area contributed by atoms with Crippen molar-refractivity contribution in [3.8, 4) is 0 Å². The number of nitrogens with two attached hydrogens (primary N) is 1. The summed E-state index contributed by atoms with van der Waals surface area (Å²) in [5.74, 6) is 0. The topological polar surface area (TPSA) is 64.8 Å². The van der Waals surface area contributed by atoms with Crippen LogP contribution in [0.3, 0.4) is 0 Å². The van der Waals surface area contributed by atoms with Crippen LogP contribution in [-0.2, 0) is 9.47 Å². The molecule has 1 aliphatic rings. The van der Waals surface area contributed by atoms with E-state index in [4.69, 9.17) is 15.2 Å². The Hall–Kier alpha value is -0.810. The van der Waals surface area contributed by atoms with Gasteiger partial charge in [-0.05, 0) is 41.5 Å². The summed E-state index contributed by atoms with van der Waals surface area (Å²) in [4.78, 5) is 13.8. The molecule has 1 amide bonds. The zero-order chi connectivity index (χ0) is 13.4. The van der Waals surface area contributed by atoms with E-state index in [9.17, 15) is 4.79 Å². The molecular weight excluding hydrogens is 220 g/mol. The van der Waals surface area contributed by atoms with Crippen LogP contribution < -0.4 is 5.73 Å². The van der Waals surface area contributed by atoms with Crippen LogP contribution in [0.25, 0.3) is 0 Å². The molecule has 0 spiro atoms. The van der Waals surface area contributed by atoms with E-state index in [2.05, 4.69) is 0 Å². The van der Waals surface area contributed by atoms with Crippen molar-refractivity contribution in [2.45, 2.75) is 65.0 Å². The van der Waals surface area contributed by atoms with Gasteiger partial charge in [-0.3, -0.25) is 4.90 Å². The quantitative estimate of drug-likeness (QED) is 0.762. The lowest BCUT2D eigenvalue weighted by Gasteiger charge is -2.36. The van der Waals surface area contributed by atoms with Gasteiger partial charge in [-0.15, -0.1) is 0 Å². The van der Waals surface area contributed by atoms with E-state index in [-0.39, 0.29) is 18.2 Å². The van der Waals surface area contributed by atoms with Crippen LogP contribution in [0.4, 0.5) is 4.79 Å². The van der Waals surface area contributed by atoms with Gasteiger partial charge in [0.25, 0.3) is 0 Å². The maximum atomic E-state index is 12.2. The van der Waals surface area contributed by atoms with Gasteiger partial charge in [-0.1, -0.05) is 0 Å². The molecule has 17 heavy (non-hydrogen) atoms. The fraction of sp³-hybridized carbons (Fsp3) is 0.917. The van der Waals surface area contributed by atoms with E-state index < -0.39 is 11.3 Å². The summed E-state index contributed by atoms with van der Waals surface area (Å²) in [6.07, 6.45) is -0.373. The summed E-state index contributed by atoms with van der Waals surface area (Å²) in [5.41, 5.74) is 4.70. The summed E-state index contributed by atoms with van der Waals surface area (Å²) in [6.45, 7) is 11.5. The summed E-state index contributed by atoms with van der Waals surface area (Å²) in [6, 6.07) is -0.288. The number of carbonyl (C=O) groups is 1. The second kappa shape index (κ2) is 4.46. The van der Waals surface area contributed by atoms with Crippen molar-refractivity contribution in [3.05, 3.63) is 0 Å². The van der Waals surface area contributed by atoms with Gasteiger partial charge in [0.2, 0.25) is 0 Å². The number of hydrogen-bond donors (Lipinski definition) is 1. The Balaban J connectivity index is 2.87. The normalized spacial score (nSPS) is 25.8. The van der Waals surface area contributed by atoms with Gasteiger partial charge in [0.1, 0.15) is 11.3 Å². The molecule has 1 aliphatic heterocycles. The minimum absolute atomic E-state index is 0.139. The van der Waals surface area contributed by atoms with E-state index in [0.717, 1.165) is 0 Å². The van der Waals surface area contributed by atoms with E-state index in [0.29, 0.717) is 6.61 Å². The first-order valence-electron chi connectivity index (χ1n) is 5.96. The van der Waals surface area contributed by atoms with Crippen LogP contribution in [0.1, 0.15) is 41.5 Å². The molecule has 0 radical (unpaired) electrons. The first-order valence-corrected chi connectivity index (χ1v) is 5.96. The molecule has 0 bridgehead atoms. The Kier molecular flexibility index (Phi) is 3.74. The summed E-state index contributed by atoms with van der Waals surface area (Å²) < 4.78 is 11.0. The molecule has 2 unspecified atom stereocenters. The third-order valence-electron chi connectivity index (χ3n) is 2.72. The Morgan fingerprint density at radius 2 is 2.06 bits per heavy atom. The number of carbonyl (C=O) groups excluding carboxylic acids is 1. The van der Waals surface area contributed by atoms with Crippen molar-refractivity contribution in [1.29, 1.82) is 0 Å². The second-order valence-electron chi connectivity index (χ2n) is 6.03. The molecule has 0 aromatic rings. The predicted octanol–water partition coefficient (Wildman–Crippen LogP) is 1.71. The molecule has 5 heteroatoms. The monoisotopic (exact) mass is 244 g/mol. The molecule has 1 saturated heterocycles. The average molecular weight is 244 g/mol. The summed E-state index contributed by atoms with van der Waals surface area (Å²) >= 11 is 0. The molecule has 0 aromatic carbocycles. The number of ether oxygens (including phenoxy) is 2. The molecule has 1 rings (SSSR count). The largest absolute Gasteiger partial charge is 0.444 e. The van der Waals surface area contributed by atoms with Gasteiger partial charge in [-0.2, -0.15) is 0 Å². The van der Waals surface area contributed by atoms with E-state index >= 15 is 0 Å². The van der Waals surface area contributed by atoms with Crippen LogP contribution >= 0.6 is 0 Å². The molecule has 1 heterocycles. The van der Waals surface area contributed by atoms with Crippen molar-refractivity contribution in [1.82, 2.24) is 4.90 Å². The van der Waals surface area contributed by atoms with Crippen LogP contribution in [0.15, 0.2) is 0 Å². The van der Waals surface area contributed by atoms with E-state index in [1.807, 2.05) is 41.5 Å². The zero-order valence-electron chi connectivity index (χ0n) is 11.6. The highest BCUT2D eigenvalue weighted by atomic mass is 16.6. The minimum Gasteiger partial charge on any atom is -0.444 e. The van der Waals surface area contributed by atoms with Crippen LogP contribution in [0.2, 0.25) is 0 Å². The number of nitrogens with zero attached hydrogens (tertiary/aromatic N) is 1. The summed E-state index contributed by atoms with van der Waals surface area (Å²) in [7, 11) is 0. The molecule has 0 aliphatic carbocycles.